The van der Waals surface area contributed by atoms with Gasteiger partial charge in [-0.3, -0.25) is 4.79 Å². The third-order valence-corrected chi connectivity index (χ3v) is 1.64. The van der Waals surface area contributed by atoms with Crippen molar-refractivity contribution >= 4 is 28.3 Å². The molecule has 0 fully saturated rings. The topological polar surface area (TPSA) is 30.2 Å². The standard InChI is InChI=1S/C8H7BrO2/c1-6-5-8(9)11-7(6)3-2-4-10/h2-5H,1H3/b3-2+. The second kappa shape index (κ2) is 3.53. The van der Waals surface area contributed by atoms with E-state index in [9.17, 15) is 4.79 Å². The van der Waals surface area contributed by atoms with Crippen molar-refractivity contribution in [2.24, 2.45) is 0 Å². The third kappa shape index (κ3) is 2.05. The lowest BCUT2D eigenvalue weighted by atomic mass is 10.3. The lowest BCUT2D eigenvalue weighted by Crippen LogP contribution is -1.68. The number of aryl methyl sites for hydroxylation is 1. The highest BCUT2D eigenvalue weighted by atomic mass is 79.9. The summed E-state index contributed by atoms with van der Waals surface area (Å²) in [6.45, 7) is 1.92. The largest absolute Gasteiger partial charge is 0.450 e. The molecule has 0 saturated carbocycles. The molecule has 0 aliphatic rings. The van der Waals surface area contributed by atoms with Crippen LogP contribution in [0.4, 0.5) is 0 Å². The third-order valence-electron chi connectivity index (χ3n) is 1.25. The molecule has 1 aromatic rings. The van der Waals surface area contributed by atoms with E-state index in [1.165, 1.54) is 6.08 Å². The second-order valence-corrected chi connectivity index (χ2v) is 2.87. The molecular formula is C8H7BrO2. The van der Waals surface area contributed by atoms with Crippen LogP contribution in [-0.2, 0) is 4.79 Å². The van der Waals surface area contributed by atoms with Gasteiger partial charge in [0.2, 0.25) is 0 Å². The minimum atomic E-state index is 0.681. The molecule has 0 aliphatic heterocycles. The van der Waals surface area contributed by atoms with Crippen LogP contribution in [0.5, 0.6) is 0 Å². The monoisotopic (exact) mass is 214 g/mol. The number of rotatable bonds is 2. The van der Waals surface area contributed by atoms with Crippen molar-refractivity contribution in [3.63, 3.8) is 0 Å². The molecule has 0 amide bonds. The molecule has 2 nitrogen and oxygen atoms in total. The first-order valence-corrected chi connectivity index (χ1v) is 3.91. The van der Waals surface area contributed by atoms with E-state index in [0.717, 1.165) is 11.8 Å². The normalized spacial score (nSPS) is 10.7. The van der Waals surface area contributed by atoms with Crippen LogP contribution in [0.2, 0.25) is 0 Å². The van der Waals surface area contributed by atoms with Gasteiger partial charge in [0.25, 0.3) is 0 Å². The van der Waals surface area contributed by atoms with Gasteiger partial charge in [0.05, 0.1) is 0 Å². The summed E-state index contributed by atoms with van der Waals surface area (Å²) >= 11 is 3.19. The Morgan fingerprint density at radius 3 is 2.82 bits per heavy atom. The van der Waals surface area contributed by atoms with E-state index < -0.39 is 0 Å². The quantitative estimate of drug-likeness (QED) is 0.560. The number of aldehydes is 1. The zero-order valence-electron chi connectivity index (χ0n) is 6.00. The number of hydrogen-bond donors (Lipinski definition) is 0. The van der Waals surface area contributed by atoms with Gasteiger partial charge in [-0.15, -0.1) is 0 Å². The number of carbonyl (C=O) groups is 1. The highest BCUT2D eigenvalue weighted by Gasteiger charge is 2.00. The van der Waals surface area contributed by atoms with Crippen LogP contribution in [0.15, 0.2) is 21.2 Å². The molecule has 0 N–H and O–H groups in total. The summed E-state index contributed by atoms with van der Waals surface area (Å²) in [5, 5.41) is 0. The fourth-order valence-corrected chi connectivity index (χ4v) is 1.27. The zero-order valence-corrected chi connectivity index (χ0v) is 7.59. The number of furan rings is 1. The van der Waals surface area contributed by atoms with Gasteiger partial charge in [0, 0.05) is 0 Å². The first-order valence-electron chi connectivity index (χ1n) is 3.12. The molecular weight excluding hydrogens is 208 g/mol. The van der Waals surface area contributed by atoms with Gasteiger partial charge in [-0.1, -0.05) is 0 Å². The van der Waals surface area contributed by atoms with Crippen LogP contribution in [0.1, 0.15) is 11.3 Å². The van der Waals surface area contributed by atoms with E-state index >= 15 is 0 Å². The van der Waals surface area contributed by atoms with Crippen LogP contribution in [0.3, 0.4) is 0 Å². The van der Waals surface area contributed by atoms with Gasteiger partial charge < -0.3 is 4.42 Å². The van der Waals surface area contributed by atoms with Crippen LogP contribution in [-0.4, -0.2) is 6.29 Å². The minimum Gasteiger partial charge on any atom is -0.450 e. The fourth-order valence-electron chi connectivity index (χ4n) is 0.748. The summed E-state index contributed by atoms with van der Waals surface area (Å²) < 4.78 is 5.87. The molecule has 0 atom stereocenters. The molecule has 0 aromatic carbocycles. The van der Waals surface area contributed by atoms with Crippen molar-refractivity contribution in [3.8, 4) is 0 Å². The Bertz CT molecular complexity index is 286. The van der Waals surface area contributed by atoms with Gasteiger partial charge in [-0.05, 0) is 46.6 Å². The Kier molecular flexibility index (Phi) is 2.65. The number of allylic oxidation sites excluding steroid dienone is 1. The van der Waals surface area contributed by atoms with Crippen molar-refractivity contribution in [2.45, 2.75) is 6.92 Å². The maximum absolute atomic E-state index is 9.96. The van der Waals surface area contributed by atoms with Crippen molar-refractivity contribution in [3.05, 3.63) is 28.1 Å². The summed E-state index contributed by atoms with van der Waals surface area (Å²) in [7, 11) is 0. The number of hydrogen-bond acceptors (Lipinski definition) is 2. The second-order valence-electron chi connectivity index (χ2n) is 2.09. The predicted molar refractivity (Wildman–Crippen MR) is 46.2 cm³/mol. The van der Waals surface area contributed by atoms with E-state index in [2.05, 4.69) is 15.9 Å². The van der Waals surface area contributed by atoms with Crippen LogP contribution < -0.4 is 0 Å². The molecule has 0 unspecified atom stereocenters. The minimum absolute atomic E-state index is 0.681. The maximum atomic E-state index is 9.96. The molecule has 0 radical (unpaired) electrons. The van der Waals surface area contributed by atoms with Crippen LogP contribution in [0, 0.1) is 6.92 Å². The fraction of sp³-hybridized carbons (Fsp3) is 0.125. The molecule has 11 heavy (non-hydrogen) atoms. The molecule has 3 heteroatoms. The van der Waals surface area contributed by atoms with E-state index in [-0.39, 0.29) is 0 Å². The van der Waals surface area contributed by atoms with Crippen molar-refractivity contribution in [1.29, 1.82) is 0 Å². The first-order chi connectivity index (χ1) is 5.24. The van der Waals surface area contributed by atoms with E-state index in [1.54, 1.807) is 6.08 Å². The summed E-state index contributed by atoms with van der Waals surface area (Å²) in [5.41, 5.74) is 1.01. The Balaban J connectivity index is 2.93. The van der Waals surface area contributed by atoms with E-state index in [1.807, 2.05) is 13.0 Å². The van der Waals surface area contributed by atoms with E-state index in [0.29, 0.717) is 10.4 Å². The first kappa shape index (κ1) is 8.27. The smallest absolute Gasteiger partial charge is 0.170 e. The molecule has 1 aromatic heterocycles. The Morgan fingerprint density at radius 1 is 1.64 bits per heavy atom. The average molecular weight is 215 g/mol. The van der Waals surface area contributed by atoms with Crippen LogP contribution in [0.25, 0.3) is 6.08 Å². The van der Waals surface area contributed by atoms with Crippen LogP contribution >= 0.6 is 15.9 Å². The van der Waals surface area contributed by atoms with Gasteiger partial charge >= 0.3 is 0 Å². The molecule has 1 rings (SSSR count). The molecule has 1 heterocycles. The van der Waals surface area contributed by atoms with Gasteiger partial charge in [0.1, 0.15) is 12.0 Å². The number of carbonyl (C=O) groups excluding carboxylic acids is 1. The van der Waals surface area contributed by atoms with Gasteiger partial charge in [-0.2, -0.15) is 0 Å². The predicted octanol–water partition coefficient (Wildman–Crippen LogP) is 2.56. The van der Waals surface area contributed by atoms with Gasteiger partial charge in [0.15, 0.2) is 4.67 Å². The molecule has 0 spiro atoms. The molecule has 0 bridgehead atoms. The molecule has 0 saturated heterocycles. The highest BCUT2D eigenvalue weighted by Crippen LogP contribution is 2.20. The highest BCUT2D eigenvalue weighted by molar-refractivity contribution is 9.10. The molecule has 58 valence electrons. The summed E-state index contributed by atoms with van der Waals surface area (Å²) in [6, 6.07) is 1.85. The van der Waals surface area contributed by atoms with Crippen molar-refractivity contribution in [2.75, 3.05) is 0 Å². The Labute approximate surface area is 73.0 Å². The molecule has 0 aliphatic carbocycles. The summed E-state index contributed by atoms with van der Waals surface area (Å²) in [4.78, 5) is 9.96. The lowest BCUT2D eigenvalue weighted by molar-refractivity contribution is -0.104. The van der Waals surface area contributed by atoms with Crippen molar-refractivity contribution < 1.29 is 9.21 Å². The SMILES string of the molecule is Cc1cc(Br)oc1/C=C/C=O. The Hall–Kier alpha value is -0.830. The summed E-state index contributed by atoms with van der Waals surface area (Å²) in [6.07, 6.45) is 3.75. The van der Waals surface area contributed by atoms with Crippen molar-refractivity contribution in [1.82, 2.24) is 0 Å². The van der Waals surface area contributed by atoms with E-state index in [4.69, 9.17) is 4.42 Å². The lowest BCUT2D eigenvalue weighted by Gasteiger charge is -1.84. The number of halogens is 1. The van der Waals surface area contributed by atoms with Gasteiger partial charge in [-0.25, -0.2) is 0 Å². The maximum Gasteiger partial charge on any atom is 0.170 e. The zero-order chi connectivity index (χ0) is 8.27. The summed E-state index contributed by atoms with van der Waals surface area (Å²) in [5.74, 6) is 0.712. The Morgan fingerprint density at radius 2 is 2.36 bits per heavy atom. The average Bonchev–Trinajstić information content (AvgIpc) is 2.26.